The molecule has 12 heteroatoms. The van der Waals surface area contributed by atoms with Gasteiger partial charge in [-0.3, -0.25) is 13.9 Å². The molecule has 12 nitrogen and oxygen atoms in total. The molecule has 3 rings (SSSR count). The molecule has 0 spiro atoms. The Kier molecular flexibility index (Phi) is 8.41. The Balaban J connectivity index is 1.94. The van der Waals surface area contributed by atoms with E-state index in [-0.39, 0.29) is 18.7 Å². The third-order valence-corrected chi connectivity index (χ3v) is 6.28. The second kappa shape index (κ2) is 11.3. The summed E-state index contributed by atoms with van der Waals surface area (Å²) in [4.78, 5) is 44.2. The van der Waals surface area contributed by atoms with Gasteiger partial charge in [-0.05, 0) is 26.0 Å². The highest BCUT2D eigenvalue weighted by Crippen LogP contribution is 2.38. The van der Waals surface area contributed by atoms with Crippen LogP contribution in [0.1, 0.15) is 30.0 Å². The standard InChI is InChI=1S/C24H33N5O7/c1-8-28(9-2)14-18-25-21-19(22(30)27(4)24(32)26(21)3)29(18)10-11-36-23(31)15-12-16(33-5)20(35-7)17(13-15)34-6/h12-13H,8-11,14H2,1-7H3/p+1. The zero-order valence-corrected chi connectivity index (χ0v) is 21.8. The van der Waals surface area contributed by atoms with Crippen LogP contribution >= 0.6 is 0 Å². The van der Waals surface area contributed by atoms with Crippen molar-refractivity contribution in [1.82, 2.24) is 18.7 Å². The maximum absolute atomic E-state index is 13.0. The molecule has 36 heavy (non-hydrogen) atoms. The molecule has 0 fully saturated rings. The van der Waals surface area contributed by atoms with Crippen molar-refractivity contribution in [2.75, 3.05) is 41.0 Å². The van der Waals surface area contributed by atoms with Crippen molar-refractivity contribution in [2.24, 2.45) is 14.1 Å². The summed E-state index contributed by atoms with van der Waals surface area (Å²) in [5, 5.41) is 0. The predicted molar refractivity (Wildman–Crippen MR) is 132 cm³/mol. The monoisotopic (exact) mass is 504 g/mol. The van der Waals surface area contributed by atoms with Crippen molar-refractivity contribution in [3.63, 3.8) is 0 Å². The number of esters is 1. The topological polar surface area (TPSA) is 120 Å². The number of benzene rings is 1. The van der Waals surface area contributed by atoms with Gasteiger partial charge in [0.2, 0.25) is 5.75 Å². The lowest BCUT2D eigenvalue weighted by atomic mass is 10.2. The first-order valence-corrected chi connectivity index (χ1v) is 11.7. The molecule has 0 saturated heterocycles. The molecule has 0 bridgehead atoms. The molecule has 0 atom stereocenters. The van der Waals surface area contributed by atoms with Crippen LogP contribution in [0, 0.1) is 0 Å². The average Bonchev–Trinajstić information content (AvgIpc) is 3.26. The first kappa shape index (κ1) is 26.8. The Bertz CT molecular complexity index is 1340. The van der Waals surface area contributed by atoms with Gasteiger partial charge in [0.1, 0.15) is 13.2 Å². The molecule has 0 unspecified atom stereocenters. The van der Waals surface area contributed by atoms with E-state index in [0.29, 0.717) is 40.8 Å². The number of aromatic nitrogens is 4. The second-order valence-corrected chi connectivity index (χ2v) is 8.24. The van der Waals surface area contributed by atoms with Crippen LogP contribution < -0.4 is 30.4 Å². The summed E-state index contributed by atoms with van der Waals surface area (Å²) >= 11 is 0. The number of fused-ring (bicyclic) bond motifs is 1. The van der Waals surface area contributed by atoms with Crippen LogP contribution in [0.3, 0.4) is 0 Å². The van der Waals surface area contributed by atoms with Crippen LogP contribution in [-0.2, 0) is 31.9 Å². The summed E-state index contributed by atoms with van der Waals surface area (Å²) in [6.45, 7) is 6.60. The van der Waals surface area contributed by atoms with Gasteiger partial charge in [-0.2, -0.15) is 0 Å². The number of hydrogen-bond acceptors (Lipinski definition) is 8. The van der Waals surface area contributed by atoms with Crippen molar-refractivity contribution in [1.29, 1.82) is 0 Å². The van der Waals surface area contributed by atoms with Gasteiger partial charge in [0.25, 0.3) is 5.56 Å². The van der Waals surface area contributed by atoms with Crippen molar-refractivity contribution < 1.29 is 28.6 Å². The Labute approximate surface area is 208 Å². The van der Waals surface area contributed by atoms with E-state index in [2.05, 4.69) is 18.8 Å². The van der Waals surface area contributed by atoms with Crippen molar-refractivity contribution in [3.05, 3.63) is 44.4 Å². The number of carbonyl (C=O) groups is 1. The number of nitrogens with zero attached hydrogens (tertiary/aromatic N) is 4. The SMILES string of the molecule is CC[NH+](CC)Cc1nc2c(c(=O)n(C)c(=O)n2C)n1CCOC(=O)c1cc(OC)c(OC)c(OC)c1. The Hall–Kier alpha value is -3.80. The maximum atomic E-state index is 13.0. The van der Waals surface area contributed by atoms with Crippen molar-refractivity contribution >= 4 is 17.1 Å². The van der Waals surface area contributed by atoms with Gasteiger partial charge >= 0.3 is 11.7 Å². The smallest absolute Gasteiger partial charge is 0.338 e. The average molecular weight is 505 g/mol. The fourth-order valence-electron chi connectivity index (χ4n) is 4.10. The van der Waals surface area contributed by atoms with Crippen molar-refractivity contribution in [2.45, 2.75) is 26.9 Å². The number of aryl methyl sites for hydroxylation is 1. The fourth-order valence-corrected chi connectivity index (χ4v) is 4.10. The van der Waals surface area contributed by atoms with Gasteiger partial charge in [0, 0.05) is 14.1 Å². The lowest BCUT2D eigenvalue weighted by Gasteiger charge is -2.16. The minimum atomic E-state index is -0.588. The Morgan fingerprint density at radius 3 is 2.11 bits per heavy atom. The zero-order valence-electron chi connectivity index (χ0n) is 21.8. The molecule has 0 aliphatic rings. The van der Waals surface area contributed by atoms with Gasteiger partial charge in [-0.1, -0.05) is 0 Å². The van der Waals surface area contributed by atoms with Gasteiger partial charge in [-0.15, -0.1) is 0 Å². The molecular formula is C24H34N5O7+. The highest BCUT2D eigenvalue weighted by atomic mass is 16.5. The van der Waals surface area contributed by atoms with E-state index >= 15 is 0 Å². The van der Waals surface area contributed by atoms with Crippen LogP contribution in [0.25, 0.3) is 11.2 Å². The predicted octanol–water partition coefficient (Wildman–Crippen LogP) is -0.259. The highest BCUT2D eigenvalue weighted by molar-refractivity contribution is 5.91. The summed E-state index contributed by atoms with van der Waals surface area (Å²) in [6.07, 6.45) is 0. The molecule has 0 radical (unpaired) electrons. The highest BCUT2D eigenvalue weighted by Gasteiger charge is 2.22. The molecule has 0 saturated carbocycles. The summed E-state index contributed by atoms with van der Waals surface area (Å²) < 4.78 is 25.6. The minimum absolute atomic E-state index is 0.0203. The van der Waals surface area contributed by atoms with Gasteiger partial charge in [0.15, 0.2) is 28.5 Å². The normalized spacial score (nSPS) is 11.2. The van der Waals surface area contributed by atoms with E-state index in [1.165, 1.54) is 50.0 Å². The number of imidazole rings is 1. The molecule has 0 aliphatic heterocycles. The summed E-state index contributed by atoms with van der Waals surface area (Å²) in [5.74, 6) is 1.09. The van der Waals surface area contributed by atoms with Crippen molar-refractivity contribution in [3.8, 4) is 17.2 Å². The maximum Gasteiger partial charge on any atom is 0.338 e. The molecule has 3 aromatic rings. The van der Waals surface area contributed by atoms with Crippen LogP contribution in [0.4, 0.5) is 0 Å². The first-order valence-electron chi connectivity index (χ1n) is 11.7. The third-order valence-electron chi connectivity index (χ3n) is 6.28. The van der Waals surface area contributed by atoms with E-state index in [0.717, 1.165) is 17.7 Å². The van der Waals surface area contributed by atoms with Crippen LogP contribution in [0.2, 0.25) is 0 Å². The fraction of sp³-hybridized carbons (Fsp3) is 0.500. The number of rotatable bonds is 11. The lowest BCUT2D eigenvalue weighted by molar-refractivity contribution is -0.911. The van der Waals surface area contributed by atoms with E-state index < -0.39 is 17.2 Å². The number of nitrogens with one attached hydrogen (secondary N) is 1. The summed E-state index contributed by atoms with van der Waals surface area (Å²) in [5.41, 5.74) is -0.0678. The van der Waals surface area contributed by atoms with Crippen LogP contribution in [0.15, 0.2) is 21.7 Å². The van der Waals surface area contributed by atoms with Gasteiger partial charge in [0.05, 0.1) is 46.5 Å². The molecule has 1 N–H and O–H groups in total. The molecule has 0 aliphatic carbocycles. The summed E-state index contributed by atoms with van der Waals surface area (Å²) in [7, 11) is 7.42. The van der Waals surface area contributed by atoms with E-state index in [4.69, 9.17) is 18.9 Å². The minimum Gasteiger partial charge on any atom is -0.493 e. The molecule has 2 aromatic heterocycles. The molecule has 1 aromatic carbocycles. The van der Waals surface area contributed by atoms with Crippen LogP contribution in [0.5, 0.6) is 17.2 Å². The Morgan fingerprint density at radius 2 is 1.58 bits per heavy atom. The number of carbonyl (C=O) groups excluding carboxylic acids is 1. The number of methoxy groups -OCH3 is 3. The number of ether oxygens (including phenoxy) is 4. The number of quaternary nitrogens is 1. The summed E-state index contributed by atoms with van der Waals surface area (Å²) in [6, 6.07) is 3.02. The van der Waals surface area contributed by atoms with E-state index in [1.807, 2.05) is 0 Å². The van der Waals surface area contributed by atoms with E-state index in [1.54, 1.807) is 11.6 Å². The Morgan fingerprint density at radius 1 is 0.972 bits per heavy atom. The largest absolute Gasteiger partial charge is 0.493 e. The second-order valence-electron chi connectivity index (χ2n) is 8.24. The number of hydrogen-bond donors (Lipinski definition) is 1. The van der Waals surface area contributed by atoms with Crippen LogP contribution in [-0.4, -0.2) is 65.7 Å². The quantitative estimate of drug-likeness (QED) is 0.355. The molecule has 0 amide bonds. The first-order chi connectivity index (χ1) is 17.2. The zero-order chi connectivity index (χ0) is 26.6. The molecule has 196 valence electrons. The molecule has 2 heterocycles. The van der Waals surface area contributed by atoms with E-state index in [9.17, 15) is 14.4 Å². The third kappa shape index (κ3) is 4.94. The van der Waals surface area contributed by atoms with Gasteiger partial charge < -0.3 is 28.4 Å². The van der Waals surface area contributed by atoms with Gasteiger partial charge in [-0.25, -0.2) is 14.6 Å². The lowest BCUT2D eigenvalue weighted by Crippen LogP contribution is -3.10. The molecular weight excluding hydrogens is 470 g/mol.